The van der Waals surface area contributed by atoms with Crippen LogP contribution in [-0.2, 0) is 9.59 Å². The number of halogens is 1. The van der Waals surface area contributed by atoms with Crippen LogP contribution < -0.4 is 15.5 Å². The van der Waals surface area contributed by atoms with E-state index in [0.717, 1.165) is 33.6 Å². The van der Waals surface area contributed by atoms with Crippen LogP contribution in [0.25, 0.3) is 0 Å². The maximum Gasteiger partial charge on any atom is 0.243 e. The third-order valence-electron chi connectivity index (χ3n) is 3.82. The molecule has 124 valence electrons. The Balaban J connectivity index is 1.64. The largest absolute Gasteiger partial charge is 0.374 e. The number of nitrogens with one attached hydrogen (secondary N) is 2. The van der Waals surface area contributed by atoms with Crippen molar-refractivity contribution < 1.29 is 9.59 Å². The Hall–Kier alpha value is -2.09. The van der Waals surface area contributed by atoms with Crippen molar-refractivity contribution in [2.75, 3.05) is 28.6 Å². The molecular formula is C18H18IN3O2. The van der Waals surface area contributed by atoms with E-state index in [0.29, 0.717) is 6.42 Å². The van der Waals surface area contributed by atoms with Gasteiger partial charge in [-0.1, -0.05) is 18.2 Å². The molecular weight excluding hydrogens is 417 g/mol. The summed E-state index contributed by atoms with van der Waals surface area (Å²) in [6.45, 7) is 0.872. The van der Waals surface area contributed by atoms with E-state index in [1.54, 1.807) is 4.90 Å². The minimum Gasteiger partial charge on any atom is -0.374 e. The standard InChI is InChI=1S/C18H18IN3O2/c19-13-5-3-6-14(11-13)21-17(23)12-20-15-7-1-2-8-16(15)22-10-4-9-18(22)24/h1-3,5-8,11,20H,4,9-10,12H2,(H,21,23). The first-order valence-electron chi connectivity index (χ1n) is 7.82. The Morgan fingerprint density at radius 2 is 2.00 bits per heavy atom. The maximum atomic E-state index is 12.1. The van der Waals surface area contributed by atoms with Crippen LogP contribution >= 0.6 is 22.6 Å². The molecule has 1 fully saturated rings. The highest BCUT2D eigenvalue weighted by molar-refractivity contribution is 14.1. The van der Waals surface area contributed by atoms with Crippen LogP contribution in [0.4, 0.5) is 17.1 Å². The third-order valence-corrected chi connectivity index (χ3v) is 4.49. The number of hydrogen-bond acceptors (Lipinski definition) is 3. The summed E-state index contributed by atoms with van der Waals surface area (Å²) in [5.74, 6) is 0.00659. The molecule has 2 amide bonds. The van der Waals surface area contributed by atoms with Gasteiger partial charge < -0.3 is 15.5 Å². The van der Waals surface area contributed by atoms with Crippen LogP contribution in [0.5, 0.6) is 0 Å². The zero-order valence-electron chi connectivity index (χ0n) is 13.1. The molecule has 0 atom stereocenters. The van der Waals surface area contributed by atoms with E-state index in [1.807, 2.05) is 48.5 Å². The number of hydrogen-bond donors (Lipinski definition) is 2. The predicted molar refractivity (Wildman–Crippen MR) is 104 cm³/mol. The fourth-order valence-corrected chi connectivity index (χ4v) is 3.25. The number of para-hydroxylation sites is 2. The van der Waals surface area contributed by atoms with Crippen LogP contribution in [-0.4, -0.2) is 24.9 Å². The van der Waals surface area contributed by atoms with E-state index >= 15 is 0 Å². The van der Waals surface area contributed by atoms with Crippen molar-refractivity contribution in [3.63, 3.8) is 0 Å². The number of rotatable bonds is 5. The van der Waals surface area contributed by atoms with Crippen LogP contribution in [0.1, 0.15) is 12.8 Å². The molecule has 0 spiro atoms. The molecule has 0 unspecified atom stereocenters. The first-order valence-corrected chi connectivity index (χ1v) is 8.90. The van der Waals surface area contributed by atoms with Crippen LogP contribution in [0.15, 0.2) is 48.5 Å². The topological polar surface area (TPSA) is 61.4 Å². The average molecular weight is 435 g/mol. The van der Waals surface area contributed by atoms with Crippen molar-refractivity contribution in [3.8, 4) is 0 Å². The van der Waals surface area contributed by atoms with Gasteiger partial charge in [-0.05, 0) is 59.3 Å². The molecule has 0 saturated carbocycles. The third kappa shape index (κ3) is 4.05. The Bertz CT molecular complexity index is 763. The van der Waals surface area contributed by atoms with Crippen molar-refractivity contribution in [3.05, 3.63) is 52.1 Å². The summed E-state index contributed by atoms with van der Waals surface area (Å²) in [5.41, 5.74) is 2.41. The lowest BCUT2D eigenvalue weighted by Crippen LogP contribution is -2.26. The van der Waals surface area contributed by atoms with Crippen molar-refractivity contribution in [1.29, 1.82) is 0 Å². The molecule has 2 N–H and O–H groups in total. The molecule has 1 heterocycles. The number of amides is 2. The van der Waals surface area contributed by atoms with E-state index < -0.39 is 0 Å². The molecule has 2 aromatic rings. The number of carbonyl (C=O) groups excluding carboxylic acids is 2. The molecule has 5 nitrogen and oxygen atoms in total. The molecule has 1 aliphatic heterocycles. The fourth-order valence-electron chi connectivity index (χ4n) is 2.71. The minimum atomic E-state index is -0.125. The smallest absolute Gasteiger partial charge is 0.243 e. The second-order valence-corrected chi connectivity index (χ2v) is 6.82. The average Bonchev–Trinajstić information content (AvgIpc) is 2.99. The summed E-state index contributed by atoms with van der Waals surface area (Å²) in [6, 6.07) is 15.2. The molecule has 0 aliphatic carbocycles. The molecule has 6 heteroatoms. The van der Waals surface area contributed by atoms with Crippen molar-refractivity contribution in [2.24, 2.45) is 0 Å². The zero-order chi connectivity index (χ0) is 16.9. The van der Waals surface area contributed by atoms with Gasteiger partial charge in [-0.2, -0.15) is 0 Å². The summed E-state index contributed by atoms with van der Waals surface area (Å²) in [4.78, 5) is 25.9. The highest BCUT2D eigenvalue weighted by Crippen LogP contribution is 2.29. The molecule has 0 bridgehead atoms. The Kier molecular flexibility index (Phi) is 5.34. The summed E-state index contributed by atoms with van der Waals surface area (Å²) in [7, 11) is 0. The lowest BCUT2D eigenvalue weighted by Gasteiger charge is -2.20. The van der Waals surface area contributed by atoms with Gasteiger partial charge in [0.1, 0.15) is 0 Å². The van der Waals surface area contributed by atoms with E-state index in [-0.39, 0.29) is 18.4 Å². The van der Waals surface area contributed by atoms with Crippen LogP contribution in [0.2, 0.25) is 0 Å². The predicted octanol–water partition coefficient (Wildman–Crippen LogP) is 3.47. The lowest BCUT2D eigenvalue weighted by molar-refractivity contribution is -0.117. The summed E-state index contributed by atoms with van der Waals surface area (Å²) >= 11 is 2.21. The van der Waals surface area contributed by atoms with Crippen LogP contribution in [0.3, 0.4) is 0 Å². The SMILES string of the molecule is O=C(CNc1ccccc1N1CCCC1=O)Nc1cccc(I)c1. The summed E-state index contributed by atoms with van der Waals surface area (Å²) < 4.78 is 1.07. The quantitative estimate of drug-likeness (QED) is 0.708. The molecule has 24 heavy (non-hydrogen) atoms. The molecule has 3 rings (SSSR count). The molecule has 1 aliphatic rings. The Morgan fingerprint density at radius 1 is 1.17 bits per heavy atom. The van der Waals surface area contributed by atoms with Gasteiger partial charge in [-0.25, -0.2) is 0 Å². The van der Waals surface area contributed by atoms with E-state index in [1.165, 1.54) is 0 Å². The normalized spacial score (nSPS) is 13.9. The second kappa shape index (κ2) is 7.65. The van der Waals surface area contributed by atoms with Gasteiger partial charge in [0, 0.05) is 22.2 Å². The van der Waals surface area contributed by atoms with Crippen LogP contribution in [0, 0.1) is 3.57 Å². The maximum absolute atomic E-state index is 12.1. The van der Waals surface area contributed by atoms with Gasteiger partial charge in [-0.3, -0.25) is 9.59 Å². The van der Waals surface area contributed by atoms with E-state index in [4.69, 9.17) is 0 Å². The number of benzene rings is 2. The number of carbonyl (C=O) groups is 2. The van der Waals surface area contributed by atoms with Gasteiger partial charge in [0.2, 0.25) is 11.8 Å². The number of anilines is 3. The van der Waals surface area contributed by atoms with Gasteiger partial charge in [-0.15, -0.1) is 0 Å². The first-order chi connectivity index (χ1) is 11.6. The first kappa shape index (κ1) is 16.8. The summed E-state index contributed by atoms with van der Waals surface area (Å²) in [6.07, 6.45) is 1.46. The zero-order valence-corrected chi connectivity index (χ0v) is 15.2. The van der Waals surface area contributed by atoms with E-state index in [9.17, 15) is 9.59 Å². The van der Waals surface area contributed by atoms with Crippen molar-refractivity contribution in [2.45, 2.75) is 12.8 Å². The molecule has 1 saturated heterocycles. The van der Waals surface area contributed by atoms with E-state index in [2.05, 4.69) is 33.2 Å². The highest BCUT2D eigenvalue weighted by Gasteiger charge is 2.23. The molecule has 2 aromatic carbocycles. The monoisotopic (exact) mass is 435 g/mol. The van der Waals surface area contributed by atoms with Gasteiger partial charge >= 0.3 is 0 Å². The molecule has 0 radical (unpaired) electrons. The molecule has 0 aromatic heterocycles. The minimum absolute atomic E-state index is 0.125. The van der Waals surface area contributed by atoms with Gasteiger partial charge in [0.25, 0.3) is 0 Å². The highest BCUT2D eigenvalue weighted by atomic mass is 127. The Morgan fingerprint density at radius 3 is 2.75 bits per heavy atom. The van der Waals surface area contributed by atoms with Gasteiger partial charge in [0.15, 0.2) is 0 Å². The van der Waals surface area contributed by atoms with Crippen molar-refractivity contribution in [1.82, 2.24) is 0 Å². The number of nitrogens with zero attached hydrogens (tertiary/aromatic N) is 1. The van der Waals surface area contributed by atoms with Crippen molar-refractivity contribution >= 4 is 51.5 Å². The fraction of sp³-hybridized carbons (Fsp3) is 0.222. The Labute approximate surface area is 154 Å². The van der Waals surface area contributed by atoms with Gasteiger partial charge in [0.05, 0.1) is 17.9 Å². The summed E-state index contributed by atoms with van der Waals surface area (Å²) in [5, 5.41) is 6.00. The second-order valence-electron chi connectivity index (χ2n) is 5.58. The lowest BCUT2D eigenvalue weighted by atomic mass is 10.2.